The summed E-state index contributed by atoms with van der Waals surface area (Å²) in [7, 11) is 0. The Morgan fingerprint density at radius 2 is 1.96 bits per heavy atom. The number of ether oxygens (including phenoxy) is 1. The Bertz CT molecular complexity index is 956. The highest BCUT2D eigenvalue weighted by molar-refractivity contribution is 5.77. The quantitative estimate of drug-likeness (QED) is 0.603. The van der Waals surface area contributed by atoms with Crippen molar-refractivity contribution in [2.45, 2.75) is 52.6 Å². The molecule has 2 aliphatic carbocycles. The van der Waals surface area contributed by atoms with Gasteiger partial charge in [-0.05, 0) is 60.6 Å². The van der Waals surface area contributed by atoms with Gasteiger partial charge in [0.05, 0.1) is 12.7 Å². The first-order chi connectivity index (χ1) is 13.2. The second-order valence-corrected chi connectivity index (χ2v) is 9.45. The predicted octanol–water partition coefficient (Wildman–Crippen LogP) is 4.94. The Morgan fingerprint density at radius 1 is 1.21 bits per heavy atom. The van der Waals surface area contributed by atoms with Crippen LogP contribution in [0.5, 0.6) is 5.75 Å². The normalized spacial score (nSPS) is 32.1. The van der Waals surface area contributed by atoms with Crippen LogP contribution in [0.3, 0.4) is 0 Å². The number of aliphatic hydroxyl groups is 1. The van der Waals surface area contributed by atoms with E-state index in [4.69, 9.17) is 9.15 Å². The summed E-state index contributed by atoms with van der Waals surface area (Å²) in [5.41, 5.74) is 1.40. The van der Waals surface area contributed by atoms with Gasteiger partial charge < -0.3 is 14.3 Å². The van der Waals surface area contributed by atoms with Crippen LogP contribution in [-0.2, 0) is 0 Å². The molecule has 0 amide bonds. The maximum atomic E-state index is 11.5. The Labute approximate surface area is 166 Å². The van der Waals surface area contributed by atoms with Gasteiger partial charge in [-0.1, -0.05) is 32.9 Å². The third-order valence-electron chi connectivity index (χ3n) is 7.56. The summed E-state index contributed by atoms with van der Waals surface area (Å²) in [6, 6.07) is 8.80. The van der Waals surface area contributed by atoms with E-state index < -0.39 is 0 Å². The third-order valence-corrected chi connectivity index (χ3v) is 7.56. The maximum absolute atomic E-state index is 11.5. The van der Waals surface area contributed by atoms with Crippen LogP contribution < -0.4 is 10.4 Å². The number of hydrogen-bond acceptors (Lipinski definition) is 4. The lowest BCUT2D eigenvalue weighted by Gasteiger charge is -2.59. The van der Waals surface area contributed by atoms with Crippen molar-refractivity contribution in [1.29, 1.82) is 0 Å². The van der Waals surface area contributed by atoms with Gasteiger partial charge in [0.25, 0.3) is 0 Å². The van der Waals surface area contributed by atoms with E-state index in [2.05, 4.69) is 27.4 Å². The lowest BCUT2D eigenvalue weighted by atomic mass is 9.47. The van der Waals surface area contributed by atoms with Gasteiger partial charge in [0, 0.05) is 23.4 Å². The Morgan fingerprint density at radius 3 is 2.75 bits per heavy atom. The highest BCUT2D eigenvalue weighted by Gasteiger charge is 2.56. The molecule has 2 aromatic rings. The number of hydrogen-bond donors (Lipinski definition) is 1. The molecule has 0 unspecified atom stereocenters. The van der Waals surface area contributed by atoms with Gasteiger partial charge >= 0.3 is 5.63 Å². The zero-order valence-electron chi connectivity index (χ0n) is 17.0. The molecule has 150 valence electrons. The van der Waals surface area contributed by atoms with Crippen LogP contribution in [0.25, 0.3) is 11.0 Å². The molecule has 28 heavy (non-hydrogen) atoms. The molecule has 0 aliphatic heterocycles. The molecule has 4 heteroatoms. The smallest absolute Gasteiger partial charge is 0.336 e. The van der Waals surface area contributed by atoms with Crippen molar-refractivity contribution in [3.8, 4) is 5.75 Å². The molecule has 4 nitrogen and oxygen atoms in total. The van der Waals surface area contributed by atoms with Gasteiger partial charge in [-0.2, -0.15) is 0 Å². The average Bonchev–Trinajstić information content (AvgIpc) is 2.64. The van der Waals surface area contributed by atoms with Gasteiger partial charge in [0.15, 0.2) is 0 Å². The summed E-state index contributed by atoms with van der Waals surface area (Å²) in [5, 5.41) is 11.5. The molecule has 0 radical (unpaired) electrons. The van der Waals surface area contributed by atoms with Crippen LogP contribution in [0.4, 0.5) is 0 Å². The van der Waals surface area contributed by atoms with E-state index in [0.717, 1.165) is 31.1 Å². The zero-order valence-corrected chi connectivity index (χ0v) is 17.0. The number of aliphatic hydroxyl groups excluding tert-OH is 1. The van der Waals surface area contributed by atoms with Crippen molar-refractivity contribution < 1.29 is 14.3 Å². The highest BCUT2D eigenvalue weighted by atomic mass is 16.5. The van der Waals surface area contributed by atoms with Gasteiger partial charge in [-0.25, -0.2) is 4.79 Å². The van der Waals surface area contributed by atoms with Gasteiger partial charge in [0.1, 0.15) is 11.3 Å². The topological polar surface area (TPSA) is 59.7 Å². The van der Waals surface area contributed by atoms with Crippen LogP contribution in [0.15, 0.2) is 51.7 Å². The minimum absolute atomic E-state index is 0.0709. The second kappa shape index (κ2) is 6.77. The molecule has 2 aliphatic rings. The molecule has 1 heterocycles. The van der Waals surface area contributed by atoms with E-state index >= 15 is 0 Å². The van der Waals surface area contributed by atoms with Crippen molar-refractivity contribution in [1.82, 2.24) is 0 Å². The maximum Gasteiger partial charge on any atom is 0.336 e. The largest absolute Gasteiger partial charge is 0.493 e. The van der Waals surface area contributed by atoms with E-state index in [9.17, 15) is 9.90 Å². The third kappa shape index (κ3) is 3.08. The van der Waals surface area contributed by atoms with Crippen LogP contribution >= 0.6 is 0 Å². The molecule has 2 fully saturated rings. The summed E-state index contributed by atoms with van der Waals surface area (Å²) in [4.78, 5) is 11.5. The van der Waals surface area contributed by atoms with E-state index in [1.165, 1.54) is 11.6 Å². The summed E-state index contributed by atoms with van der Waals surface area (Å²) in [6.07, 6.45) is 3.63. The number of rotatable bonds is 3. The molecule has 2 saturated carbocycles. The molecule has 4 atom stereocenters. The summed E-state index contributed by atoms with van der Waals surface area (Å²) in [5.74, 6) is 1.39. The molecule has 0 spiro atoms. The summed E-state index contributed by atoms with van der Waals surface area (Å²) >= 11 is 0. The van der Waals surface area contributed by atoms with Gasteiger partial charge in [0.2, 0.25) is 0 Å². The van der Waals surface area contributed by atoms with E-state index in [1.807, 2.05) is 12.1 Å². The molecular formula is C24H30O4. The lowest BCUT2D eigenvalue weighted by molar-refractivity contribution is -0.128. The van der Waals surface area contributed by atoms with E-state index in [0.29, 0.717) is 23.9 Å². The van der Waals surface area contributed by atoms with Crippen LogP contribution in [0.2, 0.25) is 0 Å². The van der Waals surface area contributed by atoms with Crippen molar-refractivity contribution in [3.05, 3.63) is 52.9 Å². The first-order valence-corrected chi connectivity index (χ1v) is 10.2. The molecular weight excluding hydrogens is 352 g/mol. The minimum atomic E-state index is -0.358. The van der Waals surface area contributed by atoms with Crippen molar-refractivity contribution in [3.63, 3.8) is 0 Å². The molecule has 0 bridgehead atoms. The Kier molecular flexibility index (Phi) is 4.65. The summed E-state index contributed by atoms with van der Waals surface area (Å²) in [6.45, 7) is 11.7. The van der Waals surface area contributed by atoms with E-state index in [-0.39, 0.29) is 28.5 Å². The fourth-order valence-electron chi connectivity index (χ4n) is 5.78. The molecule has 1 aromatic heterocycles. The monoisotopic (exact) mass is 382 g/mol. The van der Waals surface area contributed by atoms with Crippen molar-refractivity contribution in [2.75, 3.05) is 6.61 Å². The summed E-state index contributed by atoms with van der Waals surface area (Å²) < 4.78 is 11.5. The average molecular weight is 383 g/mol. The Hall–Kier alpha value is -2.07. The van der Waals surface area contributed by atoms with Gasteiger partial charge in [-0.15, -0.1) is 0 Å². The van der Waals surface area contributed by atoms with Crippen LogP contribution in [-0.4, -0.2) is 17.8 Å². The zero-order chi connectivity index (χ0) is 20.1. The SMILES string of the molecule is C=C1CC[C@H]2C(C)(C)[C@@H](O)CC[C@]2(C)[C@@H]1COc1ccc2ccc(=O)oc2c1. The first kappa shape index (κ1) is 19.3. The molecule has 1 aromatic carbocycles. The minimum Gasteiger partial charge on any atom is -0.493 e. The van der Waals surface area contributed by atoms with Crippen molar-refractivity contribution in [2.24, 2.45) is 22.7 Å². The van der Waals surface area contributed by atoms with Crippen LogP contribution in [0, 0.1) is 22.7 Å². The molecule has 4 rings (SSSR count). The standard InChI is InChI=1S/C24H30O4/c1-15-5-9-20-23(2,3)21(25)11-12-24(20,4)18(15)14-27-17-8-6-16-7-10-22(26)28-19(16)13-17/h6-8,10,13,18,20-21,25H,1,5,9,11-12,14H2,2-4H3/t18-,20+,21+,24-/m1/s1. The second-order valence-electron chi connectivity index (χ2n) is 9.45. The molecule has 1 N–H and O–H groups in total. The van der Waals surface area contributed by atoms with Crippen LogP contribution in [0.1, 0.15) is 46.5 Å². The number of fused-ring (bicyclic) bond motifs is 2. The highest BCUT2D eigenvalue weighted by Crippen LogP contribution is 2.60. The number of benzene rings is 1. The van der Waals surface area contributed by atoms with Gasteiger partial charge in [-0.3, -0.25) is 0 Å². The van der Waals surface area contributed by atoms with E-state index in [1.54, 1.807) is 12.1 Å². The fraction of sp³-hybridized carbons (Fsp3) is 0.542. The first-order valence-electron chi connectivity index (χ1n) is 10.2. The molecule has 0 saturated heterocycles. The fourth-order valence-corrected chi connectivity index (χ4v) is 5.78. The lowest BCUT2D eigenvalue weighted by Crippen LogP contribution is -2.55. The predicted molar refractivity (Wildman–Crippen MR) is 110 cm³/mol. The Balaban J connectivity index is 1.58. The van der Waals surface area contributed by atoms with Crippen molar-refractivity contribution >= 4 is 11.0 Å².